The number of thioether (sulfide) groups is 1. The lowest BCUT2D eigenvalue weighted by Crippen LogP contribution is -2.43. The van der Waals surface area contributed by atoms with Gasteiger partial charge in [-0.15, -0.1) is 0 Å². The molecule has 2 aromatic rings. The van der Waals surface area contributed by atoms with E-state index in [0.29, 0.717) is 11.1 Å². The van der Waals surface area contributed by atoms with Crippen molar-refractivity contribution >= 4 is 17.7 Å². The number of H-pyrrole nitrogens is 1. The molecule has 1 aromatic carbocycles. The summed E-state index contributed by atoms with van der Waals surface area (Å²) in [6.45, 7) is 2.24. The quantitative estimate of drug-likeness (QED) is 0.625. The lowest BCUT2D eigenvalue weighted by molar-refractivity contribution is -0.115. The molecule has 0 unspecified atom stereocenters. The Morgan fingerprint density at radius 3 is 2.78 bits per heavy atom. The number of primary amides is 1. The van der Waals surface area contributed by atoms with Crippen molar-refractivity contribution in [2.24, 2.45) is 11.7 Å². The minimum atomic E-state index is -0.423. The third-order valence-electron chi connectivity index (χ3n) is 6.16. The van der Waals surface area contributed by atoms with E-state index in [0.717, 1.165) is 36.1 Å². The van der Waals surface area contributed by atoms with Gasteiger partial charge in [0, 0.05) is 11.0 Å². The van der Waals surface area contributed by atoms with Crippen LogP contribution in [0.5, 0.6) is 0 Å². The number of benzene rings is 1. The number of nitrogens with zero attached hydrogens (tertiary/aromatic N) is 1. The van der Waals surface area contributed by atoms with Gasteiger partial charge in [-0.25, -0.2) is 4.98 Å². The number of carbonyl (C=O) groups is 1. The Kier molecular flexibility index (Phi) is 4.84. The smallest absolute Gasteiger partial charge is 0.255 e. The zero-order chi connectivity index (χ0) is 19.0. The Morgan fingerprint density at radius 1 is 1.30 bits per heavy atom. The second-order valence-corrected chi connectivity index (χ2v) is 8.90. The first-order valence-corrected chi connectivity index (χ1v) is 10.6. The summed E-state index contributed by atoms with van der Waals surface area (Å²) in [6.07, 6.45) is 6.95. The van der Waals surface area contributed by atoms with Gasteiger partial charge >= 0.3 is 0 Å². The van der Waals surface area contributed by atoms with Gasteiger partial charge in [0.1, 0.15) is 0 Å². The lowest BCUT2D eigenvalue weighted by atomic mass is 9.60. The summed E-state index contributed by atoms with van der Waals surface area (Å²) in [6, 6.07) is 8.24. The van der Waals surface area contributed by atoms with Crippen molar-refractivity contribution in [3.63, 3.8) is 0 Å². The number of aromatic nitrogens is 2. The SMILES string of the molecule is C[C@@]1(C2CCCCC2)Cc2ccccc2-c2nc(SCC(N)=O)[nH]c(=O)c21. The Balaban J connectivity index is 1.87. The van der Waals surface area contributed by atoms with E-state index in [9.17, 15) is 9.59 Å². The van der Waals surface area contributed by atoms with Crippen LogP contribution < -0.4 is 11.3 Å². The summed E-state index contributed by atoms with van der Waals surface area (Å²) in [5.41, 5.74) is 8.85. The molecule has 0 saturated heterocycles. The van der Waals surface area contributed by atoms with Gasteiger partial charge in [0.25, 0.3) is 5.56 Å². The third kappa shape index (κ3) is 3.31. The van der Waals surface area contributed by atoms with Gasteiger partial charge in [0.2, 0.25) is 5.91 Å². The minimum absolute atomic E-state index is 0.0745. The fraction of sp³-hybridized carbons (Fsp3) is 0.476. The van der Waals surface area contributed by atoms with Gasteiger partial charge in [0.05, 0.1) is 17.0 Å². The van der Waals surface area contributed by atoms with E-state index < -0.39 is 5.91 Å². The van der Waals surface area contributed by atoms with Crippen molar-refractivity contribution in [1.82, 2.24) is 9.97 Å². The Bertz CT molecular complexity index is 933. The highest BCUT2D eigenvalue weighted by Gasteiger charge is 2.44. The molecular formula is C21H25N3O2S. The zero-order valence-corrected chi connectivity index (χ0v) is 16.4. The van der Waals surface area contributed by atoms with Gasteiger partial charge in [-0.1, -0.05) is 62.2 Å². The second-order valence-electron chi connectivity index (χ2n) is 7.94. The normalized spacial score (nSPS) is 22.1. The van der Waals surface area contributed by atoms with E-state index >= 15 is 0 Å². The summed E-state index contributed by atoms with van der Waals surface area (Å²) >= 11 is 1.18. The fourth-order valence-corrected chi connectivity index (χ4v) is 5.46. The Hall–Kier alpha value is -2.08. The van der Waals surface area contributed by atoms with Crippen LogP contribution in [0.25, 0.3) is 11.3 Å². The maximum Gasteiger partial charge on any atom is 0.255 e. The molecule has 6 heteroatoms. The van der Waals surface area contributed by atoms with Crippen LogP contribution in [0.1, 0.15) is 50.2 Å². The highest BCUT2D eigenvalue weighted by molar-refractivity contribution is 7.99. The molecule has 1 saturated carbocycles. The molecule has 142 valence electrons. The van der Waals surface area contributed by atoms with Crippen LogP contribution in [-0.4, -0.2) is 21.6 Å². The fourth-order valence-electron chi connectivity index (χ4n) is 4.86. The monoisotopic (exact) mass is 383 g/mol. The molecule has 1 aromatic heterocycles. The molecule has 2 aliphatic carbocycles. The van der Waals surface area contributed by atoms with E-state index in [1.165, 1.54) is 36.6 Å². The average Bonchev–Trinajstić information content (AvgIpc) is 2.67. The number of fused-ring (bicyclic) bond motifs is 3. The molecule has 1 atom stereocenters. The van der Waals surface area contributed by atoms with Crippen LogP contribution in [0.4, 0.5) is 0 Å². The molecule has 4 rings (SSSR count). The summed E-state index contributed by atoms with van der Waals surface area (Å²) < 4.78 is 0. The number of rotatable bonds is 4. The highest BCUT2D eigenvalue weighted by Crippen LogP contribution is 2.48. The minimum Gasteiger partial charge on any atom is -0.369 e. The molecule has 0 aliphatic heterocycles. The van der Waals surface area contributed by atoms with Crippen molar-refractivity contribution in [1.29, 1.82) is 0 Å². The average molecular weight is 384 g/mol. The van der Waals surface area contributed by atoms with E-state index in [2.05, 4.69) is 24.0 Å². The summed E-state index contributed by atoms with van der Waals surface area (Å²) in [7, 11) is 0. The predicted molar refractivity (Wildman–Crippen MR) is 108 cm³/mol. The van der Waals surface area contributed by atoms with Gasteiger partial charge in [-0.2, -0.15) is 0 Å². The summed E-state index contributed by atoms with van der Waals surface area (Å²) in [5.74, 6) is 0.168. The summed E-state index contributed by atoms with van der Waals surface area (Å²) in [5, 5.41) is 0.459. The molecule has 2 aliphatic rings. The molecule has 5 nitrogen and oxygen atoms in total. The van der Waals surface area contributed by atoms with Crippen molar-refractivity contribution in [2.75, 3.05) is 5.75 Å². The van der Waals surface area contributed by atoms with Crippen molar-refractivity contribution in [2.45, 2.75) is 56.0 Å². The third-order valence-corrected chi connectivity index (χ3v) is 7.05. The van der Waals surface area contributed by atoms with Gasteiger partial charge in [-0.3, -0.25) is 9.59 Å². The Labute approximate surface area is 163 Å². The number of aromatic amines is 1. The number of nitrogens with two attached hydrogens (primary N) is 1. The molecule has 0 radical (unpaired) electrons. The molecule has 3 N–H and O–H groups in total. The van der Waals surface area contributed by atoms with Crippen molar-refractivity contribution < 1.29 is 4.79 Å². The zero-order valence-electron chi connectivity index (χ0n) is 15.6. The number of hydrogen-bond acceptors (Lipinski definition) is 4. The molecular weight excluding hydrogens is 358 g/mol. The summed E-state index contributed by atoms with van der Waals surface area (Å²) in [4.78, 5) is 32.0. The van der Waals surface area contributed by atoms with Crippen LogP contribution in [0, 0.1) is 5.92 Å². The molecule has 0 bridgehead atoms. The Morgan fingerprint density at radius 2 is 2.04 bits per heavy atom. The largest absolute Gasteiger partial charge is 0.369 e. The van der Waals surface area contributed by atoms with Gasteiger partial charge in [0.15, 0.2) is 5.16 Å². The second kappa shape index (κ2) is 7.15. The van der Waals surface area contributed by atoms with Crippen LogP contribution in [0.3, 0.4) is 0 Å². The topological polar surface area (TPSA) is 88.8 Å². The standard InChI is InChI=1S/C21H25N3O2S/c1-21(14-8-3-2-4-9-14)11-13-7-5-6-10-15(13)18-17(21)19(26)24-20(23-18)27-12-16(22)25/h5-7,10,14H,2-4,8-9,11-12H2,1H3,(H2,22,25)(H,23,24,26)/t21-/m0/s1. The first-order chi connectivity index (χ1) is 13.0. The number of nitrogens with one attached hydrogen (secondary N) is 1. The van der Waals surface area contributed by atoms with Crippen LogP contribution >= 0.6 is 11.8 Å². The maximum atomic E-state index is 13.2. The van der Waals surface area contributed by atoms with Crippen molar-refractivity contribution in [3.8, 4) is 11.3 Å². The first kappa shape index (κ1) is 18.3. The molecule has 27 heavy (non-hydrogen) atoms. The number of carbonyl (C=O) groups excluding carboxylic acids is 1. The molecule has 1 amide bonds. The van der Waals surface area contributed by atoms with E-state index in [1.54, 1.807) is 0 Å². The first-order valence-electron chi connectivity index (χ1n) is 9.63. The van der Waals surface area contributed by atoms with Gasteiger partial charge < -0.3 is 10.7 Å². The van der Waals surface area contributed by atoms with Crippen LogP contribution in [0.2, 0.25) is 0 Å². The molecule has 0 spiro atoms. The predicted octanol–water partition coefficient (Wildman–Crippen LogP) is 3.41. The van der Waals surface area contributed by atoms with Gasteiger partial charge in [-0.05, 0) is 30.7 Å². The van der Waals surface area contributed by atoms with E-state index in [-0.39, 0.29) is 16.7 Å². The van der Waals surface area contributed by atoms with Crippen LogP contribution in [-0.2, 0) is 16.6 Å². The van der Waals surface area contributed by atoms with Crippen molar-refractivity contribution in [3.05, 3.63) is 45.7 Å². The number of amides is 1. The maximum absolute atomic E-state index is 13.2. The molecule has 1 heterocycles. The molecule has 1 fully saturated rings. The van der Waals surface area contributed by atoms with E-state index in [4.69, 9.17) is 10.7 Å². The van der Waals surface area contributed by atoms with Crippen LogP contribution in [0.15, 0.2) is 34.2 Å². The van der Waals surface area contributed by atoms with E-state index in [1.807, 2.05) is 12.1 Å². The number of hydrogen-bond donors (Lipinski definition) is 2. The highest BCUT2D eigenvalue weighted by atomic mass is 32.2. The lowest BCUT2D eigenvalue weighted by Gasteiger charge is -2.43.